The number of hydrogen-bond acceptors (Lipinski definition) is 3. The Morgan fingerprint density at radius 2 is 1.94 bits per heavy atom. The van der Waals surface area contributed by atoms with Crippen LogP contribution in [0.2, 0.25) is 0 Å². The zero-order chi connectivity index (χ0) is 13.4. The standard InChI is InChI=1S/C15H23NO2/c1-4-15(17)18-13(3)10-12(2)16-11-14-8-6-5-7-9-14/h5-9,12-13,16H,4,10-11H2,1-3H3. The van der Waals surface area contributed by atoms with Crippen molar-refractivity contribution < 1.29 is 9.53 Å². The second kappa shape index (κ2) is 7.88. The van der Waals surface area contributed by atoms with Crippen LogP contribution < -0.4 is 5.32 Å². The van der Waals surface area contributed by atoms with Crippen LogP contribution in [0.25, 0.3) is 0 Å². The van der Waals surface area contributed by atoms with Gasteiger partial charge in [-0.1, -0.05) is 37.3 Å². The van der Waals surface area contributed by atoms with Crippen LogP contribution in [0.1, 0.15) is 39.2 Å². The van der Waals surface area contributed by atoms with Crippen molar-refractivity contribution in [1.29, 1.82) is 0 Å². The maximum Gasteiger partial charge on any atom is 0.305 e. The zero-order valence-electron chi connectivity index (χ0n) is 11.5. The summed E-state index contributed by atoms with van der Waals surface area (Å²) in [4.78, 5) is 11.1. The van der Waals surface area contributed by atoms with Crippen molar-refractivity contribution in [2.24, 2.45) is 0 Å². The molecule has 2 unspecified atom stereocenters. The van der Waals surface area contributed by atoms with Crippen molar-refractivity contribution in [3.05, 3.63) is 35.9 Å². The molecule has 0 saturated carbocycles. The van der Waals surface area contributed by atoms with E-state index in [4.69, 9.17) is 4.74 Å². The molecule has 0 aliphatic carbocycles. The largest absolute Gasteiger partial charge is 0.463 e. The highest BCUT2D eigenvalue weighted by Crippen LogP contribution is 2.05. The average Bonchev–Trinajstić information content (AvgIpc) is 2.37. The number of rotatable bonds is 7. The van der Waals surface area contributed by atoms with Crippen LogP contribution in [0.5, 0.6) is 0 Å². The van der Waals surface area contributed by atoms with Gasteiger partial charge in [-0.05, 0) is 25.8 Å². The Morgan fingerprint density at radius 1 is 1.28 bits per heavy atom. The van der Waals surface area contributed by atoms with E-state index in [-0.39, 0.29) is 12.1 Å². The van der Waals surface area contributed by atoms with E-state index < -0.39 is 0 Å². The van der Waals surface area contributed by atoms with Gasteiger partial charge in [0.05, 0.1) is 0 Å². The smallest absolute Gasteiger partial charge is 0.305 e. The Balaban J connectivity index is 2.25. The summed E-state index contributed by atoms with van der Waals surface area (Å²) in [6, 6.07) is 10.6. The van der Waals surface area contributed by atoms with Gasteiger partial charge in [-0.3, -0.25) is 4.79 Å². The number of esters is 1. The highest BCUT2D eigenvalue weighted by atomic mass is 16.5. The Labute approximate surface area is 110 Å². The molecule has 0 aliphatic heterocycles. The fraction of sp³-hybridized carbons (Fsp3) is 0.533. The molecule has 3 nitrogen and oxygen atoms in total. The molecule has 1 N–H and O–H groups in total. The maximum atomic E-state index is 11.1. The molecule has 18 heavy (non-hydrogen) atoms. The predicted molar refractivity (Wildman–Crippen MR) is 73.2 cm³/mol. The molecule has 3 heteroatoms. The van der Waals surface area contributed by atoms with Crippen LogP contribution >= 0.6 is 0 Å². The number of benzene rings is 1. The molecule has 1 aromatic rings. The first-order valence-electron chi connectivity index (χ1n) is 6.58. The van der Waals surface area contributed by atoms with E-state index in [1.807, 2.05) is 32.0 Å². The van der Waals surface area contributed by atoms with E-state index in [0.717, 1.165) is 13.0 Å². The number of carbonyl (C=O) groups excluding carboxylic acids is 1. The Kier molecular flexibility index (Phi) is 6.44. The Morgan fingerprint density at radius 3 is 2.56 bits per heavy atom. The van der Waals surface area contributed by atoms with Gasteiger partial charge in [0, 0.05) is 19.0 Å². The molecule has 0 fully saturated rings. The molecular weight excluding hydrogens is 226 g/mol. The number of carbonyl (C=O) groups is 1. The van der Waals surface area contributed by atoms with E-state index in [1.54, 1.807) is 0 Å². The molecular formula is C15H23NO2. The van der Waals surface area contributed by atoms with Gasteiger partial charge in [0.1, 0.15) is 6.10 Å². The molecule has 0 aromatic heterocycles. The van der Waals surface area contributed by atoms with E-state index >= 15 is 0 Å². The molecule has 1 rings (SSSR count). The van der Waals surface area contributed by atoms with Crippen LogP contribution in [-0.2, 0) is 16.1 Å². The first-order valence-corrected chi connectivity index (χ1v) is 6.58. The monoisotopic (exact) mass is 249 g/mol. The lowest BCUT2D eigenvalue weighted by Crippen LogP contribution is -2.30. The topological polar surface area (TPSA) is 38.3 Å². The highest BCUT2D eigenvalue weighted by Gasteiger charge is 2.11. The van der Waals surface area contributed by atoms with Crippen LogP contribution in [0, 0.1) is 0 Å². The predicted octanol–water partition coefficient (Wildman–Crippen LogP) is 2.90. The number of hydrogen-bond donors (Lipinski definition) is 1. The van der Waals surface area contributed by atoms with E-state index in [0.29, 0.717) is 12.5 Å². The second-order valence-electron chi connectivity index (χ2n) is 4.66. The molecule has 0 spiro atoms. The van der Waals surface area contributed by atoms with Crippen LogP contribution in [0.4, 0.5) is 0 Å². The Bertz CT molecular complexity index is 351. The summed E-state index contributed by atoms with van der Waals surface area (Å²) < 4.78 is 5.24. The molecule has 0 saturated heterocycles. The third-order valence-corrected chi connectivity index (χ3v) is 2.80. The lowest BCUT2D eigenvalue weighted by atomic mass is 10.1. The summed E-state index contributed by atoms with van der Waals surface area (Å²) in [7, 11) is 0. The minimum absolute atomic E-state index is 0.0317. The quantitative estimate of drug-likeness (QED) is 0.755. The van der Waals surface area contributed by atoms with Gasteiger partial charge in [0.2, 0.25) is 0 Å². The van der Waals surface area contributed by atoms with Gasteiger partial charge in [0.25, 0.3) is 0 Å². The first-order chi connectivity index (χ1) is 8.61. The lowest BCUT2D eigenvalue weighted by molar-refractivity contribution is -0.148. The van der Waals surface area contributed by atoms with Crippen LogP contribution in [-0.4, -0.2) is 18.1 Å². The van der Waals surface area contributed by atoms with E-state index in [2.05, 4.69) is 24.4 Å². The van der Waals surface area contributed by atoms with Crippen molar-refractivity contribution in [3.63, 3.8) is 0 Å². The minimum Gasteiger partial charge on any atom is -0.463 e. The fourth-order valence-corrected chi connectivity index (χ4v) is 1.83. The fourth-order valence-electron chi connectivity index (χ4n) is 1.83. The second-order valence-corrected chi connectivity index (χ2v) is 4.66. The van der Waals surface area contributed by atoms with Gasteiger partial charge >= 0.3 is 5.97 Å². The molecule has 0 heterocycles. The Hall–Kier alpha value is -1.35. The summed E-state index contributed by atoms with van der Waals surface area (Å²) >= 11 is 0. The van der Waals surface area contributed by atoms with E-state index in [1.165, 1.54) is 5.56 Å². The molecule has 0 amide bonds. The van der Waals surface area contributed by atoms with Crippen molar-refractivity contribution in [2.45, 2.75) is 52.3 Å². The highest BCUT2D eigenvalue weighted by molar-refractivity contribution is 5.69. The number of nitrogens with one attached hydrogen (secondary N) is 1. The van der Waals surface area contributed by atoms with Crippen molar-refractivity contribution in [3.8, 4) is 0 Å². The summed E-state index contributed by atoms with van der Waals surface area (Å²) in [5.74, 6) is -0.127. The van der Waals surface area contributed by atoms with Crippen molar-refractivity contribution in [2.75, 3.05) is 0 Å². The lowest BCUT2D eigenvalue weighted by Gasteiger charge is -2.19. The summed E-state index contributed by atoms with van der Waals surface area (Å²) in [5, 5.41) is 3.43. The maximum absolute atomic E-state index is 11.1. The first kappa shape index (κ1) is 14.7. The van der Waals surface area contributed by atoms with Crippen molar-refractivity contribution >= 4 is 5.97 Å². The van der Waals surface area contributed by atoms with Gasteiger partial charge in [-0.25, -0.2) is 0 Å². The molecule has 0 aliphatic rings. The third kappa shape index (κ3) is 5.82. The van der Waals surface area contributed by atoms with E-state index in [9.17, 15) is 4.79 Å². The molecule has 1 aromatic carbocycles. The minimum atomic E-state index is -0.127. The third-order valence-electron chi connectivity index (χ3n) is 2.80. The molecule has 2 atom stereocenters. The van der Waals surface area contributed by atoms with Crippen LogP contribution in [0.15, 0.2) is 30.3 Å². The van der Waals surface area contributed by atoms with Gasteiger partial charge < -0.3 is 10.1 Å². The average molecular weight is 249 g/mol. The molecule has 0 radical (unpaired) electrons. The molecule has 0 bridgehead atoms. The molecule has 100 valence electrons. The summed E-state index contributed by atoms with van der Waals surface area (Å²) in [6.07, 6.45) is 1.24. The zero-order valence-corrected chi connectivity index (χ0v) is 11.5. The summed E-state index contributed by atoms with van der Waals surface area (Å²) in [6.45, 7) is 6.70. The SMILES string of the molecule is CCC(=O)OC(C)CC(C)NCc1ccccc1. The van der Waals surface area contributed by atoms with Gasteiger partial charge in [-0.15, -0.1) is 0 Å². The van der Waals surface area contributed by atoms with Crippen LogP contribution in [0.3, 0.4) is 0 Å². The number of ether oxygens (including phenoxy) is 1. The normalized spacial score (nSPS) is 13.9. The van der Waals surface area contributed by atoms with Gasteiger partial charge in [0.15, 0.2) is 0 Å². The van der Waals surface area contributed by atoms with Gasteiger partial charge in [-0.2, -0.15) is 0 Å². The van der Waals surface area contributed by atoms with Crippen molar-refractivity contribution in [1.82, 2.24) is 5.32 Å². The summed E-state index contributed by atoms with van der Waals surface area (Å²) in [5.41, 5.74) is 1.27.